The van der Waals surface area contributed by atoms with E-state index >= 15 is 0 Å². The molecule has 0 unspecified atom stereocenters. The van der Waals surface area contributed by atoms with E-state index in [-0.39, 0.29) is 12.1 Å². The van der Waals surface area contributed by atoms with Crippen molar-refractivity contribution in [2.75, 3.05) is 5.32 Å². The van der Waals surface area contributed by atoms with E-state index in [1.54, 1.807) is 30.5 Å². The number of alkyl halides is 3. The Bertz CT molecular complexity index is 556. The zero-order valence-electron chi connectivity index (χ0n) is 9.71. The van der Waals surface area contributed by atoms with Crippen molar-refractivity contribution in [3.63, 3.8) is 0 Å². The monoisotopic (exact) mass is 330 g/mol. The highest BCUT2D eigenvalue weighted by molar-refractivity contribution is 9.10. The molecule has 0 radical (unpaired) electrons. The van der Waals surface area contributed by atoms with Crippen molar-refractivity contribution in [1.82, 2.24) is 4.98 Å². The van der Waals surface area contributed by atoms with E-state index in [1.807, 2.05) is 0 Å². The third-order valence-electron chi connectivity index (χ3n) is 2.50. The van der Waals surface area contributed by atoms with E-state index in [4.69, 9.17) is 0 Å². The molecular weight excluding hydrogens is 321 g/mol. The molecule has 2 rings (SSSR count). The molecule has 19 heavy (non-hydrogen) atoms. The zero-order valence-corrected chi connectivity index (χ0v) is 11.3. The Morgan fingerprint density at radius 2 is 1.95 bits per heavy atom. The molecule has 0 fully saturated rings. The summed E-state index contributed by atoms with van der Waals surface area (Å²) in [5.41, 5.74) is -0.466. The van der Waals surface area contributed by atoms with Gasteiger partial charge in [0.25, 0.3) is 0 Å². The first-order valence-corrected chi connectivity index (χ1v) is 6.26. The highest BCUT2D eigenvalue weighted by Crippen LogP contribution is 2.34. The molecule has 1 aromatic heterocycles. The first-order valence-electron chi connectivity index (χ1n) is 5.47. The summed E-state index contributed by atoms with van der Waals surface area (Å²) < 4.78 is 39.1. The zero-order chi connectivity index (χ0) is 13.9. The number of anilines is 1. The van der Waals surface area contributed by atoms with E-state index in [2.05, 4.69) is 26.2 Å². The molecule has 6 heteroatoms. The van der Waals surface area contributed by atoms with Crippen molar-refractivity contribution in [3.8, 4) is 0 Å². The van der Waals surface area contributed by atoms with Gasteiger partial charge >= 0.3 is 6.18 Å². The predicted octanol–water partition coefficient (Wildman–Crippen LogP) is 4.48. The van der Waals surface area contributed by atoms with Gasteiger partial charge in [-0.2, -0.15) is 13.2 Å². The maximum atomic E-state index is 12.9. The van der Waals surface area contributed by atoms with Crippen LogP contribution >= 0.6 is 15.9 Å². The number of halogens is 4. The van der Waals surface area contributed by atoms with Gasteiger partial charge in [0.1, 0.15) is 5.82 Å². The molecule has 0 bridgehead atoms. The smallest absolute Gasteiger partial charge is 0.366 e. The molecule has 0 saturated heterocycles. The molecule has 1 N–H and O–H groups in total. The summed E-state index contributed by atoms with van der Waals surface area (Å²) in [4.78, 5) is 4.00. The Kier molecular flexibility index (Phi) is 4.09. The molecule has 0 spiro atoms. The van der Waals surface area contributed by atoms with E-state index < -0.39 is 11.7 Å². The van der Waals surface area contributed by atoms with E-state index in [9.17, 15) is 13.2 Å². The van der Waals surface area contributed by atoms with Gasteiger partial charge in [-0.3, -0.25) is 0 Å². The first kappa shape index (κ1) is 13.9. The second kappa shape index (κ2) is 5.61. The molecule has 0 aliphatic carbocycles. The third-order valence-corrected chi connectivity index (χ3v) is 3.00. The van der Waals surface area contributed by atoms with Crippen molar-refractivity contribution in [1.29, 1.82) is 0 Å². The number of nitrogens with zero attached hydrogens (tertiary/aromatic N) is 1. The van der Waals surface area contributed by atoms with Gasteiger partial charge < -0.3 is 5.32 Å². The average molecular weight is 331 g/mol. The van der Waals surface area contributed by atoms with Gasteiger partial charge in [0.15, 0.2) is 0 Å². The van der Waals surface area contributed by atoms with Crippen molar-refractivity contribution < 1.29 is 13.2 Å². The first-order chi connectivity index (χ1) is 8.97. The fraction of sp³-hybridized carbons (Fsp3) is 0.154. The number of hydrogen-bond acceptors (Lipinski definition) is 2. The maximum absolute atomic E-state index is 12.9. The lowest BCUT2D eigenvalue weighted by molar-refractivity contribution is -0.138. The lowest BCUT2D eigenvalue weighted by atomic mass is 10.1. The molecule has 0 aliphatic rings. The summed E-state index contributed by atoms with van der Waals surface area (Å²) in [6.45, 7) is 0.0686. The summed E-state index contributed by atoms with van der Waals surface area (Å²) in [5, 5.41) is 2.87. The standard InChI is InChI=1S/C13H10BrF3N2/c14-10-5-4-9(11(7-10)13(15,16)17)8-19-12-3-1-2-6-18-12/h1-7H,8H2,(H,18,19). The number of hydrogen-bond donors (Lipinski definition) is 1. The normalized spacial score (nSPS) is 11.4. The molecular formula is C13H10BrF3N2. The van der Waals surface area contributed by atoms with Gasteiger partial charge in [-0.1, -0.05) is 28.1 Å². The minimum Gasteiger partial charge on any atom is -0.366 e. The Morgan fingerprint density at radius 1 is 1.16 bits per heavy atom. The van der Waals surface area contributed by atoms with Gasteiger partial charge in [-0.05, 0) is 29.8 Å². The van der Waals surface area contributed by atoms with Crippen LogP contribution in [0.25, 0.3) is 0 Å². The fourth-order valence-corrected chi connectivity index (χ4v) is 1.98. The van der Waals surface area contributed by atoms with Crippen LogP contribution < -0.4 is 5.32 Å². The Morgan fingerprint density at radius 3 is 2.58 bits per heavy atom. The van der Waals surface area contributed by atoms with Crippen molar-refractivity contribution in [2.45, 2.75) is 12.7 Å². The summed E-state index contributed by atoms with van der Waals surface area (Å²) in [6, 6.07) is 9.32. The minimum atomic E-state index is -4.37. The summed E-state index contributed by atoms with van der Waals surface area (Å²) >= 11 is 3.05. The molecule has 1 aromatic carbocycles. The Hall–Kier alpha value is -1.56. The van der Waals surface area contributed by atoms with Crippen LogP contribution in [0.3, 0.4) is 0 Å². The topological polar surface area (TPSA) is 24.9 Å². The van der Waals surface area contributed by atoms with E-state index in [0.29, 0.717) is 10.3 Å². The molecule has 0 aliphatic heterocycles. The number of rotatable bonds is 3. The van der Waals surface area contributed by atoms with Gasteiger partial charge in [0, 0.05) is 17.2 Å². The van der Waals surface area contributed by atoms with Crippen LogP contribution in [0, 0.1) is 0 Å². The summed E-state index contributed by atoms with van der Waals surface area (Å²) in [6.07, 6.45) is -2.79. The summed E-state index contributed by atoms with van der Waals surface area (Å²) in [7, 11) is 0. The molecule has 1 heterocycles. The number of benzene rings is 1. The lowest BCUT2D eigenvalue weighted by Gasteiger charge is -2.14. The fourth-order valence-electron chi connectivity index (χ4n) is 1.62. The van der Waals surface area contributed by atoms with Crippen LogP contribution in [0.2, 0.25) is 0 Å². The van der Waals surface area contributed by atoms with Crippen LogP contribution in [0.15, 0.2) is 47.1 Å². The molecule has 2 nitrogen and oxygen atoms in total. The van der Waals surface area contributed by atoms with E-state index in [1.165, 1.54) is 6.07 Å². The second-order valence-corrected chi connectivity index (χ2v) is 4.78. The van der Waals surface area contributed by atoms with Gasteiger partial charge in [-0.15, -0.1) is 0 Å². The molecule has 0 saturated carbocycles. The number of nitrogens with one attached hydrogen (secondary N) is 1. The predicted molar refractivity (Wildman–Crippen MR) is 70.7 cm³/mol. The SMILES string of the molecule is FC(F)(F)c1cc(Br)ccc1CNc1ccccn1. The number of pyridine rings is 1. The largest absolute Gasteiger partial charge is 0.416 e. The third kappa shape index (κ3) is 3.70. The van der Waals surface area contributed by atoms with Crippen LogP contribution in [0.1, 0.15) is 11.1 Å². The maximum Gasteiger partial charge on any atom is 0.416 e. The van der Waals surface area contributed by atoms with Gasteiger partial charge in [-0.25, -0.2) is 4.98 Å². The Balaban J connectivity index is 2.21. The highest BCUT2D eigenvalue weighted by atomic mass is 79.9. The lowest BCUT2D eigenvalue weighted by Crippen LogP contribution is -2.12. The quantitative estimate of drug-likeness (QED) is 0.897. The Labute approximate surface area is 116 Å². The van der Waals surface area contributed by atoms with Gasteiger partial charge in [0.05, 0.1) is 5.56 Å². The van der Waals surface area contributed by atoms with Crippen LogP contribution in [0.4, 0.5) is 19.0 Å². The second-order valence-electron chi connectivity index (χ2n) is 3.87. The van der Waals surface area contributed by atoms with Crippen molar-refractivity contribution >= 4 is 21.7 Å². The van der Waals surface area contributed by atoms with Crippen LogP contribution in [-0.4, -0.2) is 4.98 Å². The number of aromatic nitrogens is 1. The van der Waals surface area contributed by atoms with Crippen molar-refractivity contribution in [3.05, 3.63) is 58.2 Å². The molecule has 0 atom stereocenters. The molecule has 2 aromatic rings. The van der Waals surface area contributed by atoms with Gasteiger partial charge in [0.2, 0.25) is 0 Å². The van der Waals surface area contributed by atoms with Crippen LogP contribution in [0.5, 0.6) is 0 Å². The molecule has 0 amide bonds. The average Bonchev–Trinajstić information content (AvgIpc) is 2.37. The van der Waals surface area contributed by atoms with E-state index in [0.717, 1.165) is 6.07 Å². The molecule has 100 valence electrons. The highest BCUT2D eigenvalue weighted by Gasteiger charge is 2.33. The van der Waals surface area contributed by atoms with Crippen LogP contribution in [-0.2, 0) is 12.7 Å². The van der Waals surface area contributed by atoms with Crippen molar-refractivity contribution in [2.24, 2.45) is 0 Å². The minimum absolute atomic E-state index is 0.0686. The summed E-state index contributed by atoms with van der Waals surface area (Å²) in [5.74, 6) is 0.540.